The van der Waals surface area contributed by atoms with E-state index in [-0.39, 0.29) is 0 Å². The Bertz CT molecular complexity index is 522. The molecule has 0 spiro atoms. The molecule has 4 nitrogen and oxygen atoms in total. The lowest BCUT2D eigenvalue weighted by Gasteiger charge is -2.30. The van der Waals surface area contributed by atoms with E-state index < -0.39 is 10.2 Å². The molecule has 1 saturated heterocycles. The van der Waals surface area contributed by atoms with Gasteiger partial charge in [-0.25, -0.2) is 0 Å². The molecule has 0 aromatic heterocycles. The van der Waals surface area contributed by atoms with Crippen molar-refractivity contribution in [2.75, 3.05) is 20.1 Å². The van der Waals surface area contributed by atoms with Gasteiger partial charge >= 0.3 is 0 Å². The van der Waals surface area contributed by atoms with Gasteiger partial charge in [-0.3, -0.25) is 0 Å². The molecule has 1 aliphatic rings. The number of benzene rings is 1. The van der Waals surface area contributed by atoms with Crippen molar-refractivity contribution >= 4 is 10.2 Å². The van der Waals surface area contributed by atoms with Gasteiger partial charge in [-0.2, -0.15) is 17.0 Å². The normalized spacial score (nSPS) is 17.8. The fourth-order valence-corrected chi connectivity index (χ4v) is 3.82. The molecule has 1 fully saturated rings. The van der Waals surface area contributed by atoms with Crippen LogP contribution < -0.4 is 0 Å². The molecule has 0 atom stereocenters. The van der Waals surface area contributed by atoms with Crippen LogP contribution in [0, 0.1) is 6.92 Å². The van der Waals surface area contributed by atoms with Gasteiger partial charge in [0, 0.05) is 26.7 Å². The Labute approximate surface area is 116 Å². The minimum atomic E-state index is -3.31. The Morgan fingerprint density at radius 2 is 1.79 bits per heavy atom. The predicted octanol–water partition coefficient (Wildman–Crippen LogP) is 2.16. The summed E-state index contributed by atoms with van der Waals surface area (Å²) in [5, 5.41) is 0. The fraction of sp³-hybridized carbons (Fsp3) is 0.571. The number of hydrogen-bond acceptors (Lipinski definition) is 2. The van der Waals surface area contributed by atoms with E-state index >= 15 is 0 Å². The number of rotatable bonds is 4. The van der Waals surface area contributed by atoms with Crippen LogP contribution in [-0.2, 0) is 16.8 Å². The van der Waals surface area contributed by atoms with Crippen LogP contribution in [0.1, 0.15) is 30.4 Å². The molecule has 0 aliphatic carbocycles. The largest absolute Gasteiger partial charge is 0.282 e. The lowest BCUT2D eigenvalue weighted by molar-refractivity contribution is 0.314. The lowest BCUT2D eigenvalue weighted by atomic mass is 10.1. The summed E-state index contributed by atoms with van der Waals surface area (Å²) in [5.74, 6) is 0. The first kappa shape index (κ1) is 14.5. The molecule has 0 amide bonds. The van der Waals surface area contributed by atoms with Crippen molar-refractivity contribution in [3.8, 4) is 0 Å². The van der Waals surface area contributed by atoms with E-state index in [4.69, 9.17) is 0 Å². The van der Waals surface area contributed by atoms with Crippen LogP contribution in [0.25, 0.3) is 0 Å². The van der Waals surface area contributed by atoms with E-state index in [0.29, 0.717) is 19.6 Å². The second-order valence-electron chi connectivity index (χ2n) is 5.15. The van der Waals surface area contributed by atoms with E-state index in [1.54, 1.807) is 11.4 Å². The summed E-state index contributed by atoms with van der Waals surface area (Å²) in [6, 6.07) is 7.91. The Morgan fingerprint density at radius 3 is 2.42 bits per heavy atom. The maximum absolute atomic E-state index is 12.5. The molecular formula is C14H22N2O2S. The van der Waals surface area contributed by atoms with Gasteiger partial charge in [0.05, 0.1) is 0 Å². The molecule has 19 heavy (non-hydrogen) atoms. The molecule has 0 bridgehead atoms. The first-order chi connectivity index (χ1) is 9.01. The molecular weight excluding hydrogens is 260 g/mol. The van der Waals surface area contributed by atoms with Crippen LogP contribution in [0.3, 0.4) is 0 Å². The van der Waals surface area contributed by atoms with Gasteiger partial charge in [0.1, 0.15) is 0 Å². The van der Waals surface area contributed by atoms with Gasteiger partial charge in [-0.15, -0.1) is 0 Å². The zero-order valence-electron chi connectivity index (χ0n) is 11.7. The van der Waals surface area contributed by atoms with Crippen LogP contribution in [-0.4, -0.2) is 37.2 Å². The van der Waals surface area contributed by atoms with E-state index in [1.165, 1.54) is 4.31 Å². The average Bonchev–Trinajstić information content (AvgIpc) is 2.42. The van der Waals surface area contributed by atoms with Gasteiger partial charge in [0.25, 0.3) is 10.2 Å². The number of nitrogens with zero attached hydrogens (tertiary/aromatic N) is 2. The van der Waals surface area contributed by atoms with Gasteiger partial charge < -0.3 is 0 Å². The smallest absolute Gasteiger partial charge is 0.195 e. The van der Waals surface area contributed by atoms with Gasteiger partial charge in [-0.1, -0.05) is 30.7 Å². The van der Waals surface area contributed by atoms with Crippen molar-refractivity contribution in [2.24, 2.45) is 0 Å². The van der Waals surface area contributed by atoms with Crippen molar-refractivity contribution in [3.63, 3.8) is 0 Å². The number of hydrogen-bond donors (Lipinski definition) is 0. The van der Waals surface area contributed by atoms with Crippen molar-refractivity contribution in [2.45, 2.75) is 32.7 Å². The highest BCUT2D eigenvalue weighted by atomic mass is 32.2. The first-order valence-electron chi connectivity index (χ1n) is 6.78. The first-order valence-corrected chi connectivity index (χ1v) is 8.17. The zero-order valence-corrected chi connectivity index (χ0v) is 12.5. The Morgan fingerprint density at radius 1 is 1.16 bits per heavy atom. The van der Waals surface area contributed by atoms with E-state index in [9.17, 15) is 8.42 Å². The zero-order chi connectivity index (χ0) is 13.9. The highest BCUT2D eigenvalue weighted by Gasteiger charge is 2.28. The molecule has 1 aromatic carbocycles. The summed E-state index contributed by atoms with van der Waals surface area (Å²) in [6.07, 6.45) is 3.07. The predicted molar refractivity (Wildman–Crippen MR) is 77.0 cm³/mol. The highest BCUT2D eigenvalue weighted by molar-refractivity contribution is 7.86. The maximum atomic E-state index is 12.5. The van der Waals surface area contributed by atoms with Crippen molar-refractivity contribution in [1.82, 2.24) is 8.61 Å². The SMILES string of the molecule is Cc1ccccc1CN(C)S(=O)(=O)N1CCCCC1. The summed E-state index contributed by atoms with van der Waals surface area (Å²) in [6.45, 7) is 3.75. The fourth-order valence-electron chi connectivity index (χ4n) is 2.40. The Balaban J connectivity index is 2.10. The third-order valence-electron chi connectivity index (χ3n) is 3.69. The van der Waals surface area contributed by atoms with Crippen LogP contribution in [0.5, 0.6) is 0 Å². The highest BCUT2D eigenvalue weighted by Crippen LogP contribution is 2.18. The summed E-state index contributed by atoms with van der Waals surface area (Å²) >= 11 is 0. The molecule has 1 heterocycles. The topological polar surface area (TPSA) is 40.6 Å². The molecule has 1 aromatic rings. The van der Waals surface area contributed by atoms with Gasteiger partial charge in [-0.05, 0) is 30.9 Å². The molecule has 106 valence electrons. The average molecular weight is 282 g/mol. The Hall–Kier alpha value is -0.910. The summed E-state index contributed by atoms with van der Waals surface area (Å²) in [4.78, 5) is 0. The monoisotopic (exact) mass is 282 g/mol. The standard InChI is InChI=1S/C14H22N2O2S/c1-13-8-4-5-9-14(13)12-15(2)19(17,18)16-10-6-3-7-11-16/h4-5,8-9H,3,6-7,10-12H2,1-2H3. The minimum absolute atomic E-state index is 0.436. The third kappa shape index (κ3) is 3.35. The lowest BCUT2D eigenvalue weighted by Crippen LogP contribution is -2.44. The van der Waals surface area contributed by atoms with Crippen LogP contribution in [0.4, 0.5) is 0 Å². The summed E-state index contributed by atoms with van der Waals surface area (Å²) in [7, 11) is -1.65. The summed E-state index contributed by atoms with van der Waals surface area (Å²) < 4.78 is 28.0. The number of piperidine rings is 1. The molecule has 1 aliphatic heterocycles. The molecule has 0 N–H and O–H groups in total. The van der Waals surface area contributed by atoms with Crippen LogP contribution in [0.15, 0.2) is 24.3 Å². The van der Waals surface area contributed by atoms with Crippen molar-refractivity contribution in [1.29, 1.82) is 0 Å². The minimum Gasteiger partial charge on any atom is -0.195 e. The molecule has 0 unspecified atom stereocenters. The van der Waals surface area contributed by atoms with Crippen LogP contribution in [0.2, 0.25) is 0 Å². The number of aryl methyl sites for hydroxylation is 1. The second kappa shape index (κ2) is 6.03. The van der Waals surface area contributed by atoms with Crippen molar-refractivity contribution in [3.05, 3.63) is 35.4 Å². The quantitative estimate of drug-likeness (QED) is 0.849. The molecule has 0 radical (unpaired) electrons. The molecule has 5 heteroatoms. The van der Waals surface area contributed by atoms with Crippen molar-refractivity contribution < 1.29 is 8.42 Å². The third-order valence-corrected chi connectivity index (χ3v) is 5.62. The van der Waals surface area contributed by atoms with Gasteiger partial charge in [0.15, 0.2) is 0 Å². The van der Waals surface area contributed by atoms with E-state index in [2.05, 4.69) is 0 Å². The summed E-state index contributed by atoms with van der Waals surface area (Å²) in [5.41, 5.74) is 2.19. The molecule has 2 rings (SSSR count). The Kier molecular flexibility index (Phi) is 4.60. The maximum Gasteiger partial charge on any atom is 0.282 e. The molecule has 0 saturated carbocycles. The van der Waals surface area contributed by atoms with Gasteiger partial charge in [0.2, 0.25) is 0 Å². The van der Waals surface area contributed by atoms with E-state index in [1.807, 2.05) is 31.2 Å². The second-order valence-corrected chi connectivity index (χ2v) is 7.19. The van der Waals surface area contributed by atoms with E-state index in [0.717, 1.165) is 30.4 Å². The van der Waals surface area contributed by atoms with Crippen LogP contribution >= 0.6 is 0 Å².